The Kier molecular flexibility index (Phi) is 7.61. The molecule has 9 heteroatoms. The van der Waals surface area contributed by atoms with Gasteiger partial charge in [-0.15, -0.1) is 0 Å². The number of hydrogen-bond donors (Lipinski definition) is 0. The van der Waals surface area contributed by atoms with E-state index in [1.165, 1.54) is 18.2 Å². The van der Waals surface area contributed by atoms with Crippen molar-refractivity contribution in [1.29, 1.82) is 0 Å². The van der Waals surface area contributed by atoms with E-state index in [2.05, 4.69) is 4.90 Å². The average Bonchev–Trinajstić information content (AvgIpc) is 2.74. The lowest BCUT2D eigenvalue weighted by Crippen LogP contribution is -2.48. The maximum Gasteiger partial charge on any atom is 0.330 e. The molecule has 1 fully saturated rings. The molecule has 1 amide bonds. The van der Waals surface area contributed by atoms with Crippen LogP contribution in [0.1, 0.15) is 21.5 Å². The first-order valence-corrected chi connectivity index (χ1v) is 9.83. The van der Waals surface area contributed by atoms with E-state index in [1.54, 1.807) is 29.2 Å². The molecule has 0 bridgehead atoms. The van der Waals surface area contributed by atoms with Crippen LogP contribution in [0, 0.1) is 5.82 Å². The van der Waals surface area contributed by atoms with Crippen LogP contribution in [0.2, 0.25) is 0 Å². The van der Waals surface area contributed by atoms with Gasteiger partial charge in [0.15, 0.2) is 0 Å². The number of piperazine rings is 1. The van der Waals surface area contributed by atoms with E-state index in [-0.39, 0.29) is 18.3 Å². The molecule has 0 N–H and O–H groups in total. The van der Waals surface area contributed by atoms with Crippen LogP contribution in [0.3, 0.4) is 0 Å². The normalized spacial score (nSPS) is 15.5. The first kappa shape index (κ1) is 23.1. The molecule has 0 unspecified atom stereocenters. The van der Waals surface area contributed by atoms with Gasteiger partial charge in [0.1, 0.15) is 12.4 Å². The van der Waals surface area contributed by atoms with Crippen molar-refractivity contribution in [2.45, 2.75) is 25.5 Å². The van der Waals surface area contributed by atoms with Gasteiger partial charge >= 0.3 is 12.3 Å². The van der Waals surface area contributed by atoms with Crippen molar-refractivity contribution < 1.29 is 31.5 Å². The summed E-state index contributed by atoms with van der Waals surface area (Å²) in [5.41, 5.74) is 1.69. The summed E-state index contributed by atoms with van der Waals surface area (Å²) in [6.07, 6.45) is -3.79. The van der Waals surface area contributed by atoms with Crippen molar-refractivity contribution in [2.24, 2.45) is 0 Å². The molecule has 0 aromatic heterocycles. The zero-order valence-corrected chi connectivity index (χ0v) is 16.7. The standard InChI is InChI=1S/C22H23F5N2O2/c23-19-6-2-3-16(12-19)13-28-7-9-29(10-8-28)20(30)18-5-1-4-17(11-18)14-31-15-22(26,27)21(24)25/h1-6,11-12,21H,7-10,13-15H2. The molecule has 2 aromatic rings. The third-order valence-corrected chi connectivity index (χ3v) is 5.01. The van der Waals surface area contributed by atoms with Gasteiger partial charge < -0.3 is 9.64 Å². The highest BCUT2D eigenvalue weighted by molar-refractivity contribution is 5.94. The van der Waals surface area contributed by atoms with Crippen LogP contribution in [0.5, 0.6) is 0 Å². The summed E-state index contributed by atoms with van der Waals surface area (Å²) in [6.45, 7) is 1.16. The molecular formula is C22H23F5N2O2. The number of ether oxygens (including phenoxy) is 1. The minimum Gasteiger partial charge on any atom is -0.370 e. The number of amides is 1. The first-order chi connectivity index (χ1) is 14.7. The molecule has 0 spiro atoms. The maximum absolute atomic E-state index is 13.3. The lowest BCUT2D eigenvalue weighted by molar-refractivity contribution is -0.168. The fourth-order valence-corrected chi connectivity index (χ4v) is 3.35. The van der Waals surface area contributed by atoms with Gasteiger partial charge in [0.25, 0.3) is 5.91 Å². The highest BCUT2D eigenvalue weighted by atomic mass is 19.3. The second-order valence-electron chi connectivity index (χ2n) is 7.45. The topological polar surface area (TPSA) is 32.8 Å². The highest BCUT2D eigenvalue weighted by Gasteiger charge is 2.40. The predicted molar refractivity (Wildman–Crippen MR) is 105 cm³/mol. The Morgan fingerprint density at radius 1 is 1.00 bits per heavy atom. The van der Waals surface area contributed by atoms with Crippen LogP contribution < -0.4 is 0 Å². The predicted octanol–water partition coefficient (Wildman–Crippen LogP) is 4.20. The van der Waals surface area contributed by atoms with E-state index in [0.717, 1.165) is 5.56 Å². The number of benzene rings is 2. The number of halogens is 5. The van der Waals surface area contributed by atoms with E-state index in [1.807, 2.05) is 6.07 Å². The quantitative estimate of drug-likeness (QED) is 0.575. The number of alkyl halides is 4. The number of carbonyl (C=O) groups excluding carboxylic acids is 1. The Bertz CT molecular complexity index is 886. The average molecular weight is 442 g/mol. The fourth-order valence-electron chi connectivity index (χ4n) is 3.35. The molecule has 168 valence electrons. The summed E-state index contributed by atoms with van der Waals surface area (Å²) >= 11 is 0. The van der Waals surface area contributed by atoms with Gasteiger partial charge in [-0.05, 0) is 35.4 Å². The van der Waals surface area contributed by atoms with Gasteiger partial charge in [0.05, 0.1) is 6.61 Å². The highest BCUT2D eigenvalue weighted by Crippen LogP contribution is 2.23. The molecule has 0 aliphatic carbocycles. The molecule has 4 nitrogen and oxygen atoms in total. The van der Waals surface area contributed by atoms with Gasteiger partial charge in [-0.3, -0.25) is 9.69 Å². The molecule has 1 aliphatic heterocycles. The molecule has 2 aromatic carbocycles. The number of carbonyl (C=O) groups is 1. The van der Waals surface area contributed by atoms with Crippen LogP contribution in [-0.4, -0.2) is 60.8 Å². The summed E-state index contributed by atoms with van der Waals surface area (Å²) in [7, 11) is 0. The molecule has 3 rings (SSSR count). The van der Waals surface area contributed by atoms with Gasteiger partial charge in [0, 0.05) is 38.3 Å². The van der Waals surface area contributed by atoms with E-state index < -0.39 is 19.0 Å². The third kappa shape index (κ3) is 6.48. The van der Waals surface area contributed by atoms with Crippen LogP contribution in [0.4, 0.5) is 22.0 Å². The smallest absolute Gasteiger partial charge is 0.330 e. The molecule has 0 radical (unpaired) electrons. The van der Waals surface area contributed by atoms with E-state index in [0.29, 0.717) is 43.9 Å². The summed E-state index contributed by atoms with van der Waals surface area (Å²) in [4.78, 5) is 16.6. The summed E-state index contributed by atoms with van der Waals surface area (Å²) in [6, 6.07) is 12.7. The minimum absolute atomic E-state index is 0.204. The van der Waals surface area contributed by atoms with Crippen molar-refractivity contribution >= 4 is 5.91 Å². The Morgan fingerprint density at radius 2 is 1.68 bits per heavy atom. The van der Waals surface area contributed by atoms with Crippen LogP contribution in [0.15, 0.2) is 48.5 Å². The zero-order chi connectivity index (χ0) is 22.4. The lowest BCUT2D eigenvalue weighted by atomic mass is 10.1. The van der Waals surface area contributed by atoms with Crippen LogP contribution in [-0.2, 0) is 17.9 Å². The molecule has 1 saturated heterocycles. The van der Waals surface area contributed by atoms with Gasteiger partial charge in [-0.25, -0.2) is 13.2 Å². The third-order valence-electron chi connectivity index (χ3n) is 5.01. The molecule has 0 atom stereocenters. The number of nitrogens with zero attached hydrogens (tertiary/aromatic N) is 2. The number of hydrogen-bond acceptors (Lipinski definition) is 3. The summed E-state index contributed by atoms with van der Waals surface area (Å²) in [5, 5.41) is 0. The monoisotopic (exact) mass is 442 g/mol. The summed E-state index contributed by atoms with van der Waals surface area (Å²) < 4.78 is 68.3. The molecule has 1 aliphatic rings. The van der Waals surface area contributed by atoms with Crippen molar-refractivity contribution in [2.75, 3.05) is 32.8 Å². The van der Waals surface area contributed by atoms with E-state index in [4.69, 9.17) is 4.74 Å². The molecule has 1 heterocycles. The van der Waals surface area contributed by atoms with Crippen LogP contribution in [0.25, 0.3) is 0 Å². The maximum atomic E-state index is 13.3. The fraction of sp³-hybridized carbons (Fsp3) is 0.409. The Hall–Kier alpha value is -2.52. The molecule has 31 heavy (non-hydrogen) atoms. The first-order valence-electron chi connectivity index (χ1n) is 9.83. The minimum atomic E-state index is -4.21. The van der Waals surface area contributed by atoms with Gasteiger partial charge in [-0.1, -0.05) is 24.3 Å². The van der Waals surface area contributed by atoms with E-state index in [9.17, 15) is 26.7 Å². The second kappa shape index (κ2) is 10.2. The SMILES string of the molecule is O=C(c1cccc(COCC(F)(F)C(F)F)c1)N1CCN(Cc2cccc(F)c2)CC1. The lowest BCUT2D eigenvalue weighted by Gasteiger charge is -2.34. The largest absolute Gasteiger partial charge is 0.370 e. The Labute approximate surface area is 177 Å². The Morgan fingerprint density at radius 3 is 2.35 bits per heavy atom. The van der Waals surface area contributed by atoms with Crippen molar-refractivity contribution in [1.82, 2.24) is 9.80 Å². The Balaban J connectivity index is 1.51. The van der Waals surface area contributed by atoms with E-state index >= 15 is 0 Å². The van der Waals surface area contributed by atoms with Crippen LogP contribution >= 0.6 is 0 Å². The van der Waals surface area contributed by atoms with Crippen molar-refractivity contribution in [3.8, 4) is 0 Å². The van der Waals surface area contributed by atoms with Crippen molar-refractivity contribution in [3.05, 3.63) is 71.0 Å². The molecular weight excluding hydrogens is 419 g/mol. The number of rotatable bonds is 8. The zero-order valence-electron chi connectivity index (χ0n) is 16.7. The molecule has 0 saturated carbocycles. The van der Waals surface area contributed by atoms with Crippen molar-refractivity contribution in [3.63, 3.8) is 0 Å². The second-order valence-corrected chi connectivity index (χ2v) is 7.45. The van der Waals surface area contributed by atoms with Gasteiger partial charge in [0.2, 0.25) is 0 Å². The summed E-state index contributed by atoms with van der Waals surface area (Å²) in [5.74, 6) is -4.70. The van der Waals surface area contributed by atoms with Gasteiger partial charge in [-0.2, -0.15) is 8.78 Å².